The summed E-state index contributed by atoms with van der Waals surface area (Å²) in [5.41, 5.74) is 2.14. The number of aromatic nitrogens is 1. The molecule has 0 radical (unpaired) electrons. The molecule has 3 amide bonds. The SMILES string of the molecule is COc1ccc(NC(=O)Cn2c3c(sc2=O)[C@@H](c2cccs2)[C@H]2C(=O)N(c4ccc(C)cc4)C(=O)[C@H]2S3)cc1. The van der Waals surface area contributed by atoms with Crippen molar-refractivity contribution in [3.63, 3.8) is 0 Å². The first-order valence-electron chi connectivity index (χ1n) is 12.2. The molecular formula is C28H23N3O5S3. The number of benzene rings is 2. The Hall–Kier alpha value is -3.67. The molecule has 1 fully saturated rings. The van der Waals surface area contributed by atoms with Crippen molar-refractivity contribution in [2.45, 2.75) is 29.7 Å². The number of thiazole rings is 1. The summed E-state index contributed by atoms with van der Waals surface area (Å²) in [6, 6.07) is 18.0. The number of nitrogens with zero attached hydrogens (tertiary/aromatic N) is 2. The number of rotatable bonds is 6. The van der Waals surface area contributed by atoms with Gasteiger partial charge in [-0.25, -0.2) is 4.90 Å². The third-order valence-corrected chi connectivity index (χ3v) is 10.4. The molecule has 198 valence electrons. The zero-order valence-electron chi connectivity index (χ0n) is 21.0. The number of thiophene rings is 1. The number of imide groups is 1. The first-order valence-corrected chi connectivity index (χ1v) is 14.7. The summed E-state index contributed by atoms with van der Waals surface area (Å²) in [6.45, 7) is 1.74. The molecule has 3 atom stereocenters. The second-order valence-corrected chi connectivity index (χ2v) is 12.4. The Morgan fingerprint density at radius 2 is 1.74 bits per heavy atom. The van der Waals surface area contributed by atoms with Gasteiger partial charge >= 0.3 is 4.87 Å². The lowest BCUT2D eigenvalue weighted by molar-refractivity contribution is -0.122. The van der Waals surface area contributed by atoms with E-state index in [2.05, 4.69) is 5.32 Å². The van der Waals surface area contributed by atoms with Crippen LogP contribution in [0.1, 0.15) is 21.2 Å². The lowest BCUT2D eigenvalue weighted by Gasteiger charge is -2.29. The van der Waals surface area contributed by atoms with Crippen LogP contribution in [0.5, 0.6) is 5.75 Å². The average molecular weight is 578 g/mol. The molecule has 0 aliphatic carbocycles. The normalized spacial score (nSPS) is 20.1. The van der Waals surface area contributed by atoms with Crippen molar-refractivity contribution in [2.24, 2.45) is 5.92 Å². The van der Waals surface area contributed by atoms with E-state index in [0.29, 0.717) is 22.2 Å². The summed E-state index contributed by atoms with van der Waals surface area (Å²) < 4.78 is 6.58. The summed E-state index contributed by atoms with van der Waals surface area (Å²) in [6.07, 6.45) is 0. The summed E-state index contributed by atoms with van der Waals surface area (Å²) in [5, 5.41) is 4.60. The monoisotopic (exact) mass is 577 g/mol. The quantitative estimate of drug-likeness (QED) is 0.333. The molecule has 0 bridgehead atoms. The van der Waals surface area contributed by atoms with Gasteiger partial charge in [-0.1, -0.05) is 46.9 Å². The van der Waals surface area contributed by atoms with Crippen molar-refractivity contribution >= 4 is 63.5 Å². The summed E-state index contributed by atoms with van der Waals surface area (Å²) in [7, 11) is 1.56. The molecule has 2 aromatic carbocycles. The lowest BCUT2D eigenvalue weighted by atomic mass is 9.87. The van der Waals surface area contributed by atoms with Gasteiger partial charge in [0.25, 0.3) is 0 Å². The van der Waals surface area contributed by atoms with Gasteiger partial charge in [0.15, 0.2) is 0 Å². The predicted octanol–water partition coefficient (Wildman–Crippen LogP) is 4.72. The number of amides is 3. The number of carbonyl (C=O) groups is 3. The minimum Gasteiger partial charge on any atom is -0.497 e. The highest BCUT2D eigenvalue weighted by molar-refractivity contribution is 8.00. The molecule has 2 aliphatic heterocycles. The fourth-order valence-electron chi connectivity index (χ4n) is 5.00. The van der Waals surface area contributed by atoms with E-state index in [1.165, 1.54) is 32.6 Å². The number of hydrogen-bond acceptors (Lipinski definition) is 8. The van der Waals surface area contributed by atoms with E-state index in [9.17, 15) is 19.2 Å². The van der Waals surface area contributed by atoms with Crippen molar-refractivity contribution in [1.29, 1.82) is 0 Å². The van der Waals surface area contributed by atoms with Crippen LogP contribution in [0.3, 0.4) is 0 Å². The van der Waals surface area contributed by atoms with Gasteiger partial charge in [-0.05, 0) is 54.8 Å². The van der Waals surface area contributed by atoms with Crippen LogP contribution < -0.4 is 19.8 Å². The minimum absolute atomic E-state index is 0.206. The summed E-state index contributed by atoms with van der Waals surface area (Å²) in [5.74, 6) is -1.36. The molecule has 8 nitrogen and oxygen atoms in total. The largest absolute Gasteiger partial charge is 0.497 e. The zero-order chi connectivity index (χ0) is 27.3. The average Bonchev–Trinajstić information content (AvgIpc) is 3.63. The van der Waals surface area contributed by atoms with Crippen molar-refractivity contribution in [2.75, 3.05) is 17.3 Å². The molecule has 0 saturated carbocycles. The number of carbonyl (C=O) groups excluding carboxylic acids is 3. The Labute approximate surface area is 236 Å². The Kier molecular flexibility index (Phi) is 6.66. The summed E-state index contributed by atoms with van der Waals surface area (Å²) >= 11 is 3.75. The highest BCUT2D eigenvalue weighted by atomic mass is 32.2. The highest BCUT2D eigenvalue weighted by Gasteiger charge is 2.57. The number of methoxy groups -OCH3 is 1. The van der Waals surface area contributed by atoms with Gasteiger partial charge in [-0.3, -0.25) is 23.7 Å². The van der Waals surface area contributed by atoms with Crippen LogP contribution in [0.2, 0.25) is 0 Å². The maximum Gasteiger partial charge on any atom is 0.308 e. The Bertz CT molecular complexity index is 1620. The van der Waals surface area contributed by atoms with Gasteiger partial charge in [0, 0.05) is 21.4 Å². The van der Waals surface area contributed by atoms with Gasteiger partial charge in [-0.2, -0.15) is 0 Å². The Morgan fingerprint density at radius 1 is 1.00 bits per heavy atom. The van der Waals surface area contributed by atoms with Crippen LogP contribution >= 0.6 is 34.4 Å². The van der Waals surface area contributed by atoms with E-state index in [-0.39, 0.29) is 29.1 Å². The van der Waals surface area contributed by atoms with Gasteiger partial charge in [0.1, 0.15) is 17.5 Å². The predicted molar refractivity (Wildman–Crippen MR) is 153 cm³/mol. The van der Waals surface area contributed by atoms with Crippen LogP contribution in [-0.4, -0.2) is 34.6 Å². The molecule has 0 unspecified atom stereocenters. The second kappa shape index (κ2) is 10.1. The molecular weight excluding hydrogens is 555 g/mol. The topological polar surface area (TPSA) is 97.7 Å². The second-order valence-electron chi connectivity index (χ2n) is 9.30. The van der Waals surface area contributed by atoms with Crippen LogP contribution in [-0.2, 0) is 20.9 Å². The first-order chi connectivity index (χ1) is 18.9. The van der Waals surface area contributed by atoms with E-state index in [1.54, 1.807) is 43.5 Å². The molecule has 2 aromatic heterocycles. The number of thioether (sulfide) groups is 1. The standard InChI is InChI=1S/C28H23N3O5S3/c1-15-5-9-17(10-6-15)31-25(33)22-21(19-4-3-13-37-19)24-27(38-23(22)26(31)34)30(28(35)39-24)14-20(32)29-16-7-11-18(36-2)12-8-16/h3-13,21-23H,14H2,1-2H3,(H,29,32)/t21-,22+,23-/m0/s1. The third-order valence-electron chi connectivity index (χ3n) is 6.87. The number of nitrogens with one attached hydrogen (secondary N) is 1. The fraction of sp³-hybridized carbons (Fsp3) is 0.214. The smallest absolute Gasteiger partial charge is 0.308 e. The van der Waals surface area contributed by atoms with Crippen molar-refractivity contribution in [3.8, 4) is 5.75 Å². The van der Waals surface area contributed by atoms with Gasteiger partial charge in [0.2, 0.25) is 17.7 Å². The van der Waals surface area contributed by atoms with Crippen molar-refractivity contribution < 1.29 is 19.1 Å². The van der Waals surface area contributed by atoms with Crippen LogP contribution in [0.25, 0.3) is 0 Å². The van der Waals surface area contributed by atoms with E-state index >= 15 is 0 Å². The van der Waals surface area contributed by atoms with E-state index in [1.807, 2.05) is 36.6 Å². The molecule has 39 heavy (non-hydrogen) atoms. The van der Waals surface area contributed by atoms with Gasteiger partial charge in [-0.15, -0.1) is 11.3 Å². The zero-order valence-corrected chi connectivity index (χ0v) is 23.4. The number of ether oxygens (including phenoxy) is 1. The molecule has 0 spiro atoms. The van der Waals surface area contributed by atoms with E-state index in [0.717, 1.165) is 26.7 Å². The maximum absolute atomic E-state index is 13.8. The van der Waals surface area contributed by atoms with Crippen LogP contribution in [0, 0.1) is 12.8 Å². The molecule has 1 saturated heterocycles. The summed E-state index contributed by atoms with van der Waals surface area (Å²) in [4.78, 5) is 56.3. The number of fused-ring (bicyclic) bond motifs is 2. The van der Waals surface area contributed by atoms with Crippen molar-refractivity contribution in [3.05, 3.63) is 91.0 Å². The maximum atomic E-state index is 13.8. The number of anilines is 2. The minimum atomic E-state index is -0.705. The third kappa shape index (κ3) is 4.50. The Balaban J connectivity index is 1.35. The first kappa shape index (κ1) is 25.6. The van der Waals surface area contributed by atoms with Crippen LogP contribution in [0.15, 0.2) is 75.9 Å². The molecule has 2 aliphatic rings. The number of hydrogen-bond donors (Lipinski definition) is 1. The molecule has 4 heterocycles. The molecule has 6 rings (SSSR count). The van der Waals surface area contributed by atoms with E-state index < -0.39 is 17.1 Å². The highest BCUT2D eigenvalue weighted by Crippen LogP contribution is 2.54. The molecule has 1 N–H and O–H groups in total. The van der Waals surface area contributed by atoms with Crippen LogP contribution in [0.4, 0.5) is 11.4 Å². The number of aryl methyl sites for hydroxylation is 1. The van der Waals surface area contributed by atoms with Gasteiger partial charge < -0.3 is 10.1 Å². The van der Waals surface area contributed by atoms with E-state index in [4.69, 9.17) is 4.74 Å². The molecule has 11 heteroatoms. The lowest BCUT2D eigenvalue weighted by Crippen LogP contribution is -2.32. The fourth-order valence-corrected chi connectivity index (χ4v) is 8.72. The van der Waals surface area contributed by atoms with Gasteiger partial charge in [0.05, 0.1) is 23.7 Å². The Morgan fingerprint density at radius 3 is 2.41 bits per heavy atom. The molecule has 4 aromatic rings. The van der Waals surface area contributed by atoms with Crippen molar-refractivity contribution in [1.82, 2.24) is 4.57 Å².